The normalized spacial score (nSPS) is 26.4. The van der Waals surface area contributed by atoms with Gasteiger partial charge in [-0.15, -0.1) is 0 Å². The van der Waals surface area contributed by atoms with Crippen molar-refractivity contribution >= 4 is 6.08 Å². The van der Waals surface area contributed by atoms with Crippen LogP contribution < -0.4 is 4.74 Å². The Balaban J connectivity index is 2.04. The first-order chi connectivity index (χ1) is 9.74. The predicted octanol–water partition coefficient (Wildman–Crippen LogP) is 2.53. The van der Waals surface area contributed by atoms with Crippen LogP contribution in [0.4, 0.5) is 0 Å². The third-order valence-corrected chi connectivity index (χ3v) is 4.58. The van der Waals surface area contributed by atoms with E-state index in [1.165, 1.54) is 16.7 Å². The van der Waals surface area contributed by atoms with Crippen LogP contribution in [-0.4, -0.2) is 44.4 Å². The van der Waals surface area contributed by atoms with Crippen LogP contribution >= 0.6 is 0 Å². The molecule has 108 valence electrons. The van der Waals surface area contributed by atoms with Crippen LogP contribution in [0.2, 0.25) is 0 Å². The molecule has 0 N–H and O–H groups in total. The molecule has 0 spiro atoms. The molecule has 1 fully saturated rings. The topological polar surface area (TPSA) is 21.7 Å². The van der Waals surface area contributed by atoms with Gasteiger partial charge in [0.15, 0.2) is 0 Å². The van der Waals surface area contributed by atoms with Gasteiger partial charge in [0.2, 0.25) is 0 Å². The molecule has 1 aliphatic carbocycles. The first-order valence-electron chi connectivity index (χ1n) is 7.38. The van der Waals surface area contributed by atoms with Gasteiger partial charge < -0.3 is 9.47 Å². The van der Waals surface area contributed by atoms with Crippen LogP contribution in [0.5, 0.6) is 5.75 Å². The number of ether oxygens (including phenoxy) is 2. The van der Waals surface area contributed by atoms with Gasteiger partial charge in [-0.25, -0.2) is 0 Å². The largest absolute Gasteiger partial charge is 0.496 e. The molecular weight excluding hydrogens is 250 g/mol. The summed E-state index contributed by atoms with van der Waals surface area (Å²) in [6, 6.07) is 4.73. The summed E-state index contributed by atoms with van der Waals surface area (Å²) in [5.41, 5.74) is 4.07. The molecule has 0 radical (unpaired) electrons. The van der Waals surface area contributed by atoms with Crippen LogP contribution in [0.1, 0.15) is 23.6 Å². The van der Waals surface area contributed by atoms with Crippen molar-refractivity contribution in [2.75, 3.05) is 27.3 Å². The average Bonchev–Trinajstić information content (AvgIpc) is 2.47. The summed E-state index contributed by atoms with van der Waals surface area (Å²) in [5, 5.41) is 0. The monoisotopic (exact) mass is 273 g/mol. The molecule has 3 heteroatoms. The van der Waals surface area contributed by atoms with E-state index in [-0.39, 0.29) is 0 Å². The molecule has 2 aliphatic rings. The number of fused-ring (bicyclic) bond motifs is 2. The lowest BCUT2D eigenvalue weighted by atomic mass is 9.81. The van der Waals surface area contributed by atoms with Crippen molar-refractivity contribution in [2.45, 2.75) is 31.9 Å². The Morgan fingerprint density at radius 2 is 2.15 bits per heavy atom. The van der Waals surface area contributed by atoms with E-state index in [1.54, 1.807) is 7.11 Å². The number of hydrogen-bond acceptors (Lipinski definition) is 3. The zero-order chi connectivity index (χ0) is 14.1. The van der Waals surface area contributed by atoms with Crippen molar-refractivity contribution < 1.29 is 9.47 Å². The van der Waals surface area contributed by atoms with Gasteiger partial charge in [0.05, 0.1) is 19.8 Å². The summed E-state index contributed by atoms with van der Waals surface area (Å²) in [7, 11) is 3.96. The fourth-order valence-corrected chi connectivity index (χ4v) is 3.48. The van der Waals surface area contributed by atoms with E-state index >= 15 is 0 Å². The van der Waals surface area contributed by atoms with Crippen LogP contribution in [-0.2, 0) is 17.6 Å². The van der Waals surface area contributed by atoms with E-state index in [2.05, 4.69) is 43.2 Å². The van der Waals surface area contributed by atoms with Gasteiger partial charge in [0.1, 0.15) is 5.75 Å². The number of hydrogen-bond donors (Lipinski definition) is 0. The fourth-order valence-electron chi connectivity index (χ4n) is 3.48. The lowest BCUT2D eigenvalue weighted by molar-refractivity contribution is -0.0646. The Bertz CT molecular complexity index is 524. The van der Waals surface area contributed by atoms with Crippen molar-refractivity contribution in [2.24, 2.45) is 0 Å². The van der Waals surface area contributed by atoms with Gasteiger partial charge in [-0.05, 0) is 43.1 Å². The van der Waals surface area contributed by atoms with Gasteiger partial charge in [-0.3, -0.25) is 4.90 Å². The molecule has 1 aromatic rings. The Morgan fingerprint density at radius 1 is 1.30 bits per heavy atom. The fraction of sp³-hybridized carbons (Fsp3) is 0.529. The molecule has 0 unspecified atom stereocenters. The lowest BCUT2D eigenvalue weighted by Crippen LogP contribution is -2.53. The standard InChI is InChI=1S/C17H23NO2/c1-4-5-12-6-7-16(19-3)14-10-15-17(11-13(12)14)20-9-8-18(15)2/h4-7,15,17H,8-11H2,1-3H3/t15-,17-/m1/s1. The number of benzene rings is 1. The number of allylic oxidation sites excluding steroid dienone is 1. The minimum Gasteiger partial charge on any atom is -0.496 e. The third-order valence-electron chi connectivity index (χ3n) is 4.58. The van der Waals surface area contributed by atoms with Crippen molar-refractivity contribution in [1.82, 2.24) is 4.90 Å². The Morgan fingerprint density at radius 3 is 2.90 bits per heavy atom. The molecule has 3 nitrogen and oxygen atoms in total. The second kappa shape index (κ2) is 5.58. The summed E-state index contributed by atoms with van der Waals surface area (Å²) in [6.07, 6.45) is 6.61. The van der Waals surface area contributed by atoms with Crippen LogP contribution in [0.15, 0.2) is 18.2 Å². The highest BCUT2D eigenvalue weighted by atomic mass is 16.5. The summed E-state index contributed by atoms with van der Waals surface area (Å²) < 4.78 is 11.6. The van der Waals surface area contributed by atoms with E-state index in [0.717, 1.165) is 31.7 Å². The molecule has 1 aromatic carbocycles. The maximum Gasteiger partial charge on any atom is 0.122 e. The Hall–Kier alpha value is -1.32. The number of likely N-dealkylation sites (N-methyl/N-ethyl adjacent to an activating group) is 1. The van der Waals surface area contributed by atoms with Gasteiger partial charge in [0, 0.05) is 19.0 Å². The number of rotatable bonds is 2. The molecule has 3 rings (SSSR count). The highest BCUT2D eigenvalue weighted by Gasteiger charge is 2.36. The third kappa shape index (κ3) is 2.25. The van der Waals surface area contributed by atoms with Crippen LogP contribution in [0.3, 0.4) is 0 Å². The Kier molecular flexibility index (Phi) is 3.81. The number of methoxy groups -OCH3 is 1. The smallest absolute Gasteiger partial charge is 0.122 e. The maximum atomic E-state index is 6.01. The van der Waals surface area contributed by atoms with Crippen LogP contribution in [0, 0.1) is 0 Å². The lowest BCUT2D eigenvalue weighted by Gasteiger charge is -2.43. The Labute approximate surface area is 121 Å². The molecule has 20 heavy (non-hydrogen) atoms. The quantitative estimate of drug-likeness (QED) is 0.826. The van der Waals surface area contributed by atoms with E-state index < -0.39 is 0 Å². The summed E-state index contributed by atoms with van der Waals surface area (Å²) in [6.45, 7) is 3.93. The predicted molar refractivity (Wildman–Crippen MR) is 81.3 cm³/mol. The van der Waals surface area contributed by atoms with Gasteiger partial charge in [0.25, 0.3) is 0 Å². The molecule has 0 bridgehead atoms. The molecule has 0 saturated carbocycles. The van der Waals surface area contributed by atoms with E-state index in [4.69, 9.17) is 9.47 Å². The maximum absolute atomic E-state index is 6.01. The summed E-state index contributed by atoms with van der Waals surface area (Å²) >= 11 is 0. The van der Waals surface area contributed by atoms with Crippen molar-refractivity contribution in [3.63, 3.8) is 0 Å². The molecule has 2 atom stereocenters. The van der Waals surface area contributed by atoms with Gasteiger partial charge in [-0.1, -0.05) is 18.2 Å². The minimum atomic E-state index is 0.317. The zero-order valence-corrected chi connectivity index (χ0v) is 12.6. The van der Waals surface area contributed by atoms with Crippen LogP contribution in [0.25, 0.3) is 6.08 Å². The second-order valence-electron chi connectivity index (χ2n) is 5.68. The van der Waals surface area contributed by atoms with E-state index in [9.17, 15) is 0 Å². The highest BCUT2D eigenvalue weighted by molar-refractivity contribution is 5.60. The summed E-state index contributed by atoms with van der Waals surface area (Å²) in [5.74, 6) is 1.02. The SMILES string of the molecule is CC=Cc1ccc(OC)c2c1C[C@H]1OCCN(C)[C@@H]1C2. The van der Waals surface area contributed by atoms with E-state index in [0.29, 0.717) is 12.1 Å². The van der Waals surface area contributed by atoms with Gasteiger partial charge in [-0.2, -0.15) is 0 Å². The van der Waals surface area contributed by atoms with Crippen molar-refractivity contribution in [3.8, 4) is 5.75 Å². The van der Waals surface area contributed by atoms with E-state index in [1.807, 2.05) is 0 Å². The second-order valence-corrected chi connectivity index (χ2v) is 5.68. The van der Waals surface area contributed by atoms with Crippen molar-refractivity contribution in [1.29, 1.82) is 0 Å². The zero-order valence-electron chi connectivity index (χ0n) is 12.6. The first kappa shape index (κ1) is 13.7. The molecule has 1 heterocycles. The molecular formula is C17H23NO2. The minimum absolute atomic E-state index is 0.317. The summed E-state index contributed by atoms with van der Waals surface area (Å²) in [4.78, 5) is 2.43. The highest BCUT2D eigenvalue weighted by Crippen LogP contribution is 2.36. The van der Waals surface area contributed by atoms with Gasteiger partial charge >= 0.3 is 0 Å². The molecule has 0 aromatic heterocycles. The molecule has 0 amide bonds. The number of nitrogens with zero attached hydrogens (tertiary/aromatic N) is 1. The van der Waals surface area contributed by atoms with Crippen molar-refractivity contribution in [3.05, 3.63) is 34.9 Å². The first-order valence-corrected chi connectivity index (χ1v) is 7.38. The molecule has 1 aliphatic heterocycles. The molecule has 1 saturated heterocycles. The average molecular weight is 273 g/mol. The number of morpholine rings is 1.